The molecule has 0 unspecified atom stereocenters. The van der Waals surface area contributed by atoms with Crippen molar-refractivity contribution in [2.45, 2.75) is 12.8 Å². The smallest absolute Gasteiger partial charge is 0.333 e. The second kappa shape index (κ2) is 6.51. The van der Waals surface area contributed by atoms with Gasteiger partial charge in [-0.05, 0) is 42.7 Å². The molecule has 0 aliphatic rings. The molecule has 1 aromatic heterocycles. The Bertz CT molecular complexity index is 587. The summed E-state index contributed by atoms with van der Waals surface area (Å²) in [6.45, 7) is 0.395. The number of nitrogens with zero attached hydrogens (tertiary/aromatic N) is 2. The van der Waals surface area contributed by atoms with Crippen molar-refractivity contribution in [1.29, 1.82) is 0 Å². The molecule has 0 bridgehead atoms. The van der Waals surface area contributed by atoms with Gasteiger partial charge in [0.25, 0.3) is 0 Å². The predicted molar refractivity (Wildman–Crippen MR) is 75.6 cm³/mol. The predicted octanol–water partition coefficient (Wildman–Crippen LogP) is 2.58. The minimum atomic E-state index is -0.520. The Labute approximate surface area is 116 Å². The lowest BCUT2D eigenvalue weighted by atomic mass is 10.1. The van der Waals surface area contributed by atoms with E-state index in [2.05, 4.69) is 4.98 Å². The quantitative estimate of drug-likeness (QED) is 0.378. The van der Waals surface area contributed by atoms with Crippen LogP contribution in [0.25, 0.3) is 0 Å². The SMILES string of the molecule is Nc1cccc(OCCCc2ccncc2)c1[N+](=O)[O-]. The number of anilines is 1. The number of rotatable bonds is 6. The number of hydrogen-bond donors (Lipinski definition) is 1. The summed E-state index contributed by atoms with van der Waals surface area (Å²) < 4.78 is 5.46. The van der Waals surface area contributed by atoms with Crippen LogP contribution in [0.1, 0.15) is 12.0 Å². The first kappa shape index (κ1) is 13.8. The molecule has 0 atom stereocenters. The molecule has 104 valence electrons. The van der Waals surface area contributed by atoms with Crippen LogP contribution in [-0.4, -0.2) is 16.5 Å². The molecule has 6 heteroatoms. The average Bonchev–Trinajstić information content (AvgIpc) is 2.44. The van der Waals surface area contributed by atoms with Gasteiger partial charge in [-0.25, -0.2) is 0 Å². The van der Waals surface area contributed by atoms with E-state index in [4.69, 9.17) is 10.5 Å². The van der Waals surface area contributed by atoms with E-state index >= 15 is 0 Å². The van der Waals surface area contributed by atoms with Crippen LogP contribution in [0.4, 0.5) is 11.4 Å². The summed E-state index contributed by atoms with van der Waals surface area (Å²) >= 11 is 0. The van der Waals surface area contributed by atoms with Crippen molar-refractivity contribution < 1.29 is 9.66 Å². The Kier molecular flexibility index (Phi) is 4.49. The van der Waals surface area contributed by atoms with E-state index in [0.29, 0.717) is 6.61 Å². The first-order valence-electron chi connectivity index (χ1n) is 6.23. The number of hydrogen-bond acceptors (Lipinski definition) is 5. The summed E-state index contributed by atoms with van der Waals surface area (Å²) in [5, 5.41) is 10.9. The molecule has 20 heavy (non-hydrogen) atoms. The zero-order valence-corrected chi connectivity index (χ0v) is 10.9. The van der Waals surface area contributed by atoms with E-state index in [9.17, 15) is 10.1 Å². The number of nitrogen functional groups attached to an aromatic ring is 1. The van der Waals surface area contributed by atoms with Crippen LogP contribution in [0.2, 0.25) is 0 Å². The third kappa shape index (κ3) is 3.44. The Balaban J connectivity index is 1.92. The molecule has 2 N–H and O–H groups in total. The van der Waals surface area contributed by atoms with Gasteiger partial charge in [0.15, 0.2) is 5.75 Å². The van der Waals surface area contributed by atoms with Gasteiger partial charge in [0.1, 0.15) is 5.69 Å². The average molecular weight is 273 g/mol. The molecular weight excluding hydrogens is 258 g/mol. The first-order valence-corrected chi connectivity index (χ1v) is 6.23. The Morgan fingerprint density at radius 3 is 2.70 bits per heavy atom. The van der Waals surface area contributed by atoms with Gasteiger partial charge in [-0.1, -0.05) is 6.07 Å². The van der Waals surface area contributed by atoms with Crippen LogP contribution in [0.5, 0.6) is 5.75 Å². The second-order valence-electron chi connectivity index (χ2n) is 4.26. The van der Waals surface area contributed by atoms with E-state index in [1.165, 1.54) is 6.07 Å². The molecule has 0 aliphatic carbocycles. The number of pyridine rings is 1. The molecule has 0 saturated heterocycles. The molecule has 0 radical (unpaired) electrons. The number of benzene rings is 1. The normalized spacial score (nSPS) is 10.2. The number of aryl methyl sites for hydroxylation is 1. The largest absolute Gasteiger partial charge is 0.487 e. The number of aromatic nitrogens is 1. The molecule has 0 amide bonds. The molecule has 6 nitrogen and oxygen atoms in total. The van der Waals surface area contributed by atoms with Crippen molar-refractivity contribution in [3.8, 4) is 5.75 Å². The van der Waals surface area contributed by atoms with E-state index in [1.54, 1.807) is 24.5 Å². The van der Waals surface area contributed by atoms with Crippen LogP contribution < -0.4 is 10.5 Å². The number of para-hydroxylation sites is 1. The second-order valence-corrected chi connectivity index (χ2v) is 4.26. The highest BCUT2D eigenvalue weighted by molar-refractivity contribution is 5.65. The van der Waals surface area contributed by atoms with Gasteiger partial charge in [0.05, 0.1) is 11.5 Å². The Morgan fingerprint density at radius 1 is 1.25 bits per heavy atom. The summed E-state index contributed by atoms with van der Waals surface area (Å²) in [4.78, 5) is 14.4. The van der Waals surface area contributed by atoms with Crippen molar-refractivity contribution in [2.75, 3.05) is 12.3 Å². The maximum absolute atomic E-state index is 10.9. The molecular formula is C14H15N3O3. The minimum Gasteiger partial charge on any atom is -0.487 e. The zero-order chi connectivity index (χ0) is 14.4. The van der Waals surface area contributed by atoms with Gasteiger partial charge >= 0.3 is 5.69 Å². The number of nitro groups is 1. The lowest BCUT2D eigenvalue weighted by Gasteiger charge is -2.07. The van der Waals surface area contributed by atoms with Crippen LogP contribution >= 0.6 is 0 Å². The van der Waals surface area contributed by atoms with Crippen molar-refractivity contribution in [1.82, 2.24) is 4.98 Å². The van der Waals surface area contributed by atoms with E-state index in [0.717, 1.165) is 18.4 Å². The van der Waals surface area contributed by atoms with Crippen LogP contribution in [0, 0.1) is 10.1 Å². The summed E-state index contributed by atoms with van der Waals surface area (Å²) in [6, 6.07) is 8.55. The fraction of sp³-hybridized carbons (Fsp3) is 0.214. The van der Waals surface area contributed by atoms with Crippen LogP contribution in [-0.2, 0) is 6.42 Å². The molecule has 1 heterocycles. The summed E-state index contributed by atoms with van der Waals surface area (Å²) in [7, 11) is 0. The first-order chi connectivity index (χ1) is 9.68. The van der Waals surface area contributed by atoms with Gasteiger partial charge < -0.3 is 10.5 Å². The number of nitro benzene ring substituents is 1. The van der Waals surface area contributed by atoms with E-state index < -0.39 is 4.92 Å². The van der Waals surface area contributed by atoms with Gasteiger partial charge in [0.2, 0.25) is 0 Å². The molecule has 2 rings (SSSR count). The highest BCUT2D eigenvalue weighted by atomic mass is 16.6. The minimum absolute atomic E-state index is 0.113. The van der Waals surface area contributed by atoms with Crippen molar-refractivity contribution in [3.63, 3.8) is 0 Å². The van der Waals surface area contributed by atoms with Crippen LogP contribution in [0.3, 0.4) is 0 Å². The monoisotopic (exact) mass is 273 g/mol. The van der Waals surface area contributed by atoms with Crippen molar-refractivity contribution in [3.05, 3.63) is 58.4 Å². The lowest BCUT2D eigenvalue weighted by molar-refractivity contribution is -0.384. The van der Waals surface area contributed by atoms with Crippen molar-refractivity contribution in [2.24, 2.45) is 0 Å². The molecule has 0 fully saturated rings. The van der Waals surface area contributed by atoms with E-state index in [1.807, 2.05) is 12.1 Å². The molecule has 0 aliphatic heterocycles. The summed E-state index contributed by atoms with van der Waals surface area (Å²) in [6.07, 6.45) is 5.06. The zero-order valence-electron chi connectivity index (χ0n) is 10.9. The maximum Gasteiger partial charge on any atom is 0.333 e. The summed E-state index contributed by atoms with van der Waals surface area (Å²) in [5.41, 5.74) is 6.69. The number of ether oxygens (including phenoxy) is 1. The fourth-order valence-corrected chi connectivity index (χ4v) is 1.86. The molecule has 2 aromatic rings. The molecule has 1 aromatic carbocycles. The third-order valence-electron chi connectivity index (χ3n) is 2.83. The lowest BCUT2D eigenvalue weighted by Crippen LogP contribution is -2.04. The third-order valence-corrected chi connectivity index (χ3v) is 2.83. The topological polar surface area (TPSA) is 91.3 Å². The standard InChI is InChI=1S/C14H15N3O3/c15-12-4-1-5-13(14(12)17(18)19)20-10-2-3-11-6-8-16-9-7-11/h1,4-9H,2-3,10,15H2. The highest BCUT2D eigenvalue weighted by Gasteiger charge is 2.18. The van der Waals surface area contributed by atoms with Crippen LogP contribution in [0.15, 0.2) is 42.7 Å². The summed E-state index contributed by atoms with van der Waals surface area (Å²) in [5.74, 6) is 0.213. The van der Waals surface area contributed by atoms with Crippen molar-refractivity contribution >= 4 is 11.4 Å². The van der Waals surface area contributed by atoms with Gasteiger partial charge in [-0.2, -0.15) is 0 Å². The Morgan fingerprint density at radius 2 is 2.00 bits per heavy atom. The van der Waals surface area contributed by atoms with Gasteiger partial charge in [0, 0.05) is 12.4 Å². The molecule has 0 saturated carbocycles. The Hall–Kier alpha value is -2.63. The highest BCUT2D eigenvalue weighted by Crippen LogP contribution is 2.32. The maximum atomic E-state index is 10.9. The number of nitrogens with two attached hydrogens (primary N) is 1. The molecule has 0 spiro atoms. The van der Waals surface area contributed by atoms with E-state index in [-0.39, 0.29) is 17.1 Å². The fourth-order valence-electron chi connectivity index (χ4n) is 1.86. The van der Waals surface area contributed by atoms with Gasteiger partial charge in [-0.15, -0.1) is 0 Å². The van der Waals surface area contributed by atoms with Gasteiger partial charge in [-0.3, -0.25) is 15.1 Å².